The molecule has 1 aliphatic rings. The van der Waals surface area contributed by atoms with E-state index >= 15 is 0 Å². The van der Waals surface area contributed by atoms with Crippen LogP contribution < -0.4 is 10.6 Å². The average molecular weight is 256 g/mol. The number of carbonyl (C=O) groups excluding carboxylic acids is 1. The number of benzene rings is 1. The van der Waals surface area contributed by atoms with E-state index in [-0.39, 0.29) is 5.91 Å². The van der Waals surface area contributed by atoms with Crippen LogP contribution in [0.1, 0.15) is 28.2 Å². The molecule has 1 aliphatic heterocycles. The van der Waals surface area contributed by atoms with E-state index in [1.54, 1.807) is 4.90 Å². The van der Waals surface area contributed by atoms with Gasteiger partial charge in [-0.05, 0) is 31.4 Å². The Morgan fingerprint density at radius 3 is 2.95 bits per heavy atom. The first-order valence-electron chi connectivity index (χ1n) is 6.38. The molecule has 1 amide bonds. The number of para-hydroxylation sites is 1. The minimum Gasteiger partial charge on any atom is -0.395 e. The second kappa shape index (κ2) is 4.42. The van der Waals surface area contributed by atoms with Gasteiger partial charge in [0.2, 0.25) is 0 Å². The number of hydrogen-bond donors (Lipinski definition) is 2. The lowest BCUT2D eigenvalue weighted by molar-refractivity contribution is 0.0981. The highest BCUT2D eigenvalue weighted by Gasteiger charge is 2.26. The molecule has 0 spiro atoms. The summed E-state index contributed by atoms with van der Waals surface area (Å²) >= 11 is 0. The Morgan fingerprint density at radius 2 is 2.21 bits per heavy atom. The molecule has 98 valence electrons. The van der Waals surface area contributed by atoms with Crippen LogP contribution in [-0.2, 0) is 6.42 Å². The molecule has 5 nitrogen and oxygen atoms in total. The predicted molar refractivity (Wildman–Crippen MR) is 74.2 cm³/mol. The van der Waals surface area contributed by atoms with Crippen molar-refractivity contribution in [1.82, 2.24) is 10.2 Å². The molecule has 2 aromatic rings. The summed E-state index contributed by atoms with van der Waals surface area (Å²) in [5.74, 6) is -0.131. The van der Waals surface area contributed by atoms with Crippen molar-refractivity contribution in [2.75, 3.05) is 17.2 Å². The first kappa shape index (κ1) is 11.8. The number of nitrogen functional groups attached to an aromatic ring is 1. The minimum absolute atomic E-state index is 0.131. The maximum atomic E-state index is 12.6. The van der Waals surface area contributed by atoms with Crippen molar-refractivity contribution in [3.63, 3.8) is 0 Å². The monoisotopic (exact) mass is 256 g/mol. The van der Waals surface area contributed by atoms with Crippen molar-refractivity contribution in [3.05, 3.63) is 41.2 Å². The molecule has 5 heteroatoms. The van der Waals surface area contributed by atoms with Crippen LogP contribution in [0.4, 0.5) is 11.4 Å². The van der Waals surface area contributed by atoms with Gasteiger partial charge in [0.05, 0.1) is 11.4 Å². The zero-order valence-electron chi connectivity index (χ0n) is 10.8. The highest BCUT2D eigenvalue weighted by Crippen LogP contribution is 2.28. The molecule has 0 unspecified atom stereocenters. The van der Waals surface area contributed by atoms with Gasteiger partial charge < -0.3 is 10.6 Å². The molecule has 19 heavy (non-hydrogen) atoms. The standard InChI is InChI=1S/C14H16N4O/c1-9-12(15)13(17-16-9)14(19)18-8-4-6-10-5-2-3-7-11(10)18/h2-3,5,7H,4,6,8,15H2,1H3,(H,16,17). The molecule has 0 fully saturated rings. The lowest BCUT2D eigenvalue weighted by Gasteiger charge is -2.28. The lowest BCUT2D eigenvalue weighted by Crippen LogP contribution is -2.36. The number of fused-ring (bicyclic) bond motifs is 1. The summed E-state index contributed by atoms with van der Waals surface area (Å²) in [4.78, 5) is 14.3. The summed E-state index contributed by atoms with van der Waals surface area (Å²) in [5.41, 5.74) is 9.54. The van der Waals surface area contributed by atoms with Crippen molar-refractivity contribution in [2.45, 2.75) is 19.8 Å². The molecule has 3 N–H and O–H groups in total. The van der Waals surface area contributed by atoms with E-state index < -0.39 is 0 Å². The number of aromatic nitrogens is 2. The number of amides is 1. The fraction of sp³-hybridized carbons (Fsp3) is 0.286. The summed E-state index contributed by atoms with van der Waals surface area (Å²) < 4.78 is 0. The largest absolute Gasteiger partial charge is 0.395 e. The first-order valence-corrected chi connectivity index (χ1v) is 6.38. The zero-order valence-corrected chi connectivity index (χ0v) is 10.8. The van der Waals surface area contributed by atoms with Crippen LogP contribution in [0.2, 0.25) is 0 Å². The van der Waals surface area contributed by atoms with Gasteiger partial charge in [-0.1, -0.05) is 18.2 Å². The van der Waals surface area contributed by atoms with Crippen LogP contribution in [0.5, 0.6) is 0 Å². The summed E-state index contributed by atoms with van der Waals surface area (Å²) in [5, 5.41) is 6.78. The number of hydrogen-bond acceptors (Lipinski definition) is 3. The van der Waals surface area contributed by atoms with E-state index in [1.165, 1.54) is 5.56 Å². The molecular formula is C14H16N4O. The Bertz CT molecular complexity index is 632. The number of carbonyl (C=O) groups is 1. The Morgan fingerprint density at radius 1 is 1.42 bits per heavy atom. The van der Waals surface area contributed by atoms with Crippen LogP contribution in [0.3, 0.4) is 0 Å². The van der Waals surface area contributed by atoms with Crippen LogP contribution in [0.15, 0.2) is 24.3 Å². The fourth-order valence-corrected chi connectivity index (χ4v) is 2.47. The van der Waals surface area contributed by atoms with Crippen molar-refractivity contribution < 1.29 is 4.79 Å². The Hall–Kier alpha value is -2.30. The van der Waals surface area contributed by atoms with Crippen molar-refractivity contribution in [3.8, 4) is 0 Å². The van der Waals surface area contributed by atoms with E-state index in [0.717, 1.165) is 24.2 Å². The first-order chi connectivity index (χ1) is 9.18. The second-order valence-corrected chi connectivity index (χ2v) is 4.80. The molecule has 1 aromatic heterocycles. The number of anilines is 2. The molecule has 2 heterocycles. The minimum atomic E-state index is -0.131. The van der Waals surface area contributed by atoms with E-state index in [4.69, 9.17) is 5.73 Å². The Balaban J connectivity index is 2.00. The Labute approximate surface area is 111 Å². The van der Waals surface area contributed by atoms with E-state index in [1.807, 2.05) is 25.1 Å². The number of nitrogens with one attached hydrogen (secondary N) is 1. The van der Waals surface area contributed by atoms with Crippen LogP contribution in [0.25, 0.3) is 0 Å². The van der Waals surface area contributed by atoms with Gasteiger partial charge in [0, 0.05) is 12.2 Å². The molecule has 0 saturated carbocycles. The third-order valence-corrected chi connectivity index (χ3v) is 3.55. The van der Waals surface area contributed by atoms with Crippen molar-refractivity contribution >= 4 is 17.3 Å². The normalized spacial score (nSPS) is 14.3. The molecule has 1 aromatic carbocycles. The van der Waals surface area contributed by atoms with Gasteiger partial charge >= 0.3 is 0 Å². The molecule has 3 rings (SSSR count). The maximum absolute atomic E-state index is 12.6. The van der Waals surface area contributed by atoms with E-state index in [2.05, 4.69) is 16.3 Å². The predicted octanol–water partition coefficient (Wildman–Crippen LogP) is 1.89. The van der Waals surface area contributed by atoms with Gasteiger partial charge in [-0.3, -0.25) is 9.89 Å². The third-order valence-electron chi connectivity index (χ3n) is 3.55. The van der Waals surface area contributed by atoms with Crippen molar-refractivity contribution in [2.24, 2.45) is 0 Å². The van der Waals surface area contributed by atoms with Gasteiger partial charge in [-0.25, -0.2) is 0 Å². The van der Waals surface area contributed by atoms with E-state index in [9.17, 15) is 4.79 Å². The van der Waals surface area contributed by atoms with Crippen LogP contribution in [-0.4, -0.2) is 22.6 Å². The van der Waals surface area contributed by atoms with Gasteiger partial charge in [-0.2, -0.15) is 5.10 Å². The highest BCUT2D eigenvalue weighted by atomic mass is 16.2. The number of nitrogens with zero attached hydrogens (tertiary/aromatic N) is 2. The highest BCUT2D eigenvalue weighted by molar-refractivity contribution is 6.08. The molecule has 0 bridgehead atoms. The lowest BCUT2D eigenvalue weighted by atomic mass is 10.0. The third kappa shape index (κ3) is 1.87. The molecule has 0 radical (unpaired) electrons. The molecule has 0 atom stereocenters. The summed E-state index contributed by atoms with van der Waals surface area (Å²) in [6.07, 6.45) is 1.97. The quantitative estimate of drug-likeness (QED) is 0.818. The number of nitrogens with two attached hydrogens (primary N) is 1. The van der Waals surface area contributed by atoms with Crippen LogP contribution >= 0.6 is 0 Å². The summed E-state index contributed by atoms with van der Waals surface area (Å²) in [7, 11) is 0. The van der Waals surface area contributed by atoms with Crippen LogP contribution in [0, 0.1) is 6.92 Å². The molecular weight excluding hydrogens is 240 g/mol. The van der Waals surface area contributed by atoms with Gasteiger partial charge in [0.15, 0.2) is 5.69 Å². The number of H-pyrrole nitrogens is 1. The fourth-order valence-electron chi connectivity index (χ4n) is 2.47. The average Bonchev–Trinajstić information content (AvgIpc) is 2.78. The van der Waals surface area contributed by atoms with E-state index in [0.29, 0.717) is 17.9 Å². The maximum Gasteiger partial charge on any atom is 0.280 e. The molecule has 0 saturated heterocycles. The van der Waals surface area contributed by atoms with Gasteiger partial charge in [-0.15, -0.1) is 0 Å². The van der Waals surface area contributed by atoms with Gasteiger partial charge in [0.1, 0.15) is 0 Å². The van der Waals surface area contributed by atoms with Crippen molar-refractivity contribution in [1.29, 1.82) is 0 Å². The second-order valence-electron chi connectivity index (χ2n) is 4.80. The number of aryl methyl sites for hydroxylation is 2. The topological polar surface area (TPSA) is 75.0 Å². The summed E-state index contributed by atoms with van der Waals surface area (Å²) in [6, 6.07) is 7.99. The number of aromatic amines is 1. The smallest absolute Gasteiger partial charge is 0.280 e. The SMILES string of the molecule is Cc1[nH]nc(C(=O)N2CCCc3ccccc32)c1N. The summed E-state index contributed by atoms with van der Waals surface area (Å²) in [6.45, 7) is 2.52. The number of rotatable bonds is 1. The van der Waals surface area contributed by atoms with Gasteiger partial charge in [0.25, 0.3) is 5.91 Å². The Kier molecular flexibility index (Phi) is 2.74. The molecule has 0 aliphatic carbocycles. The zero-order chi connectivity index (χ0) is 13.4.